The van der Waals surface area contributed by atoms with Crippen LogP contribution in [0.1, 0.15) is 0 Å². The number of primary sulfonamides is 1. The lowest BCUT2D eigenvalue weighted by molar-refractivity contribution is 0.425. The summed E-state index contributed by atoms with van der Waals surface area (Å²) in [4.78, 5) is -0.174. The second-order valence-electron chi connectivity index (χ2n) is 2.60. The van der Waals surface area contributed by atoms with Gasteiger partial charge < -0.3 is 10.0 Å². The van der Waals surface area contributed by atoms with Crippen LogP contribution in [0.5, 0.6) is 0 Å². The van der Waals surface area contributed by atoms with Gasteiger partial charge in [0, 0.05) is 10.5 Å². The summed E-state index contributed by atoms with van der Waals surface area (Å²) in [6.07, 6.45) is 0. The summed E-state index contributed by atoms with van der Waals surface area (Å²) < 4.78 is 21.7. The summed E-state index contributed by atoms with van der Waals surface area (Å²) >= 11 is 5.59. The molecule has 0 unspecified atom stereocenters. The van der Waals surface area contributed by atoms with Crippen LogP contribution in [0.4, 0.5) is 0 Å². The van der Waals surface area contributed by atoms with Crippen molar-refractivity contribution in [1.82, 2.24) is 0 Å². The summed E-state index contributed by atoms with van der Waals surface area (Å²) in [6.45, 7) is 0. The van der Waals surface area contributed by atoms with E-state index in [2.05, 4.69) is 0 Å². The van der Waals surface area contributed by atoms with Crippen LogP contribution in [-0.4, -0.2) is 25.6 Å². The fourth-order valence-electron chi connectivity index (χ4n) is 0.894. The average molecular weight is 235 g/mol. The van der Waals surface area contributed by atoms with E-state index in [1.165, 1.54) is 6.07 Å². The molecule has 0 fully saturated rings. The molecule has 0 spiro atoms. The molecule has 0 radical (unpaired) electrons. The van der Waals surface area contributed by atoms with Gasteiger partial charge in [-0.15, -0.1) is 0 Å². The Labute approximate surface area is 86.3 Å². The second-order valence-corrected chi connectivity index (χ2v) is 4.57. The van der Waals surface area contributed by atoms with Crippen molar-refractivity contribution in [3.8, 4) is 0 Å². The molecule has 1 aromatic carbocycles. The Morgan fingerprint density at radius 2 is 1.93 bits per heavy atom. The van der Waals surface area contributed by atoms with Crippen LogP contribution in [0.2, 0.25) is 5.02 Å². The van der Waals surface area contributed by atoms with E-state index in [1.807, 2.05) is 0 Å². The summed E-state index contributed by atoms with van der Waals surface area (Å²) in [5, 5.41) is 22.4. The number of sulfonamides is 1. The number of hydrogen-bond acceptors (Lipinski definition) is 4. The molecule has 1 aromatic rings. The first-order chi connectivity index (χ1) is 6.32. The lowest BCUT2D eigenvalue weighted by atomic mass is 9.80. The molecule has 0 saturated carbocycles. The van der Waals surface area contributed by atoms with Crippen LogP contribution >= 0.6 is 11.6 Å². The smallest absolute Gasteiger partial charge is 0.423 e. The highest BCUT2D eigenvalue weighted by Crippen LogP contribution is 2.12. The standard InChI is InChI=1S/C6H7BClNO4S/c8-6-3-4(14(9,12)13)1-2-5(6)7(10)11/h1-3,10-11H,(H2,9,12,13). The molecule has 0 bridgehead atoms. The van der Waals surface area contributed by atoms with E-state index in [9.17, 15) is 8.42 Å². The molecule has 5 nitrogen and oxygen atoms in total. The Balaban J connectivity index is 3.27. The third-order valence-corrected chi connectivity index (χ3v) is 2.82. The monoisotopic (exact) mass is 235 g/mol. The van der Waals surface area contributed by atoms with Crippen molar-refractivity contribution in [2.75, 3.05) is 0 Å². The predicted octanol–water partition coefficient (Wildman–Crippen LogP) is -1.33. The van der Waals surface area contributed by atoms with Crippen LogP contribution in [0, 0.1) is 0 Å². The van der Waals surface area contributed by atoms with Gasteiger partial charge in [-0.25, -0.2) is 13.6 Å². The van der Waals surface area contributed by atoms with Gasteiger partial charge in [0.05, 0.1) is 4.90 Å². The van der Waals surface area contributed by atoms with Crippen molar-refractivity contribution in [3.63, 3.8) is 0 Å². The molecule has 0 heterocycles. The first-order valence-electron chi connectivity index (χ1n) is 3.51. The zero-order valence-corrected chi connectivity index (χ0v) is 8.46. The Morgan fingerprint density at radius 3 is 2.29 bits per heavy atom. The highest BCUT2D eigenvalue weighted by atomic mass is 35.5. The van der Waals surface area contributed by atoms with Gasteiger partial charge in [-0.2, -0.15) is 0 Å². The van der Waals surface area contributed by atoms with Gasteiger partial charge in [-0.05, 0) is 12.1 Å². The Bertz CT molecular complexity index is 447. The van der Waals surface area contributed by atoms with Crippen LogP contribution in [-0.2, 0) is 10.0 Å². The second kappa shape index (κ2) is 3.88. The van der Waals surface area contributed by atoms with Crippen LogP contribution in [0.15, 0.2) is 23.1 Å². The predicted molar refractivity (Wildman–Crippen MR) is 52.7 cm³/mol. The maximum Gasteiger partial charge on any atom is 0.489 e. The number of hydrogen-bond donors (Lipinski definition) is 3. The molecular formula is C6H7BClNO4S. The van der Waals surface area contributed by atoms with E-state index in [4.69, 9.17) is 26.8 Å². The van der Waals surface area contributed by atoms with Crippen molar-refractivity contribution in [2.45, 2.75) is 4.90 Å². The van der Waals surface area contributed by atoms with E-state index in [1.54, 1.807) is 0 Å². The lowest BCUT2D eigenvalue weighted by Gasteiger charge is -2.04. The molecule has 0 aliphatic rings. The highest BCUT2D eigenvalue weighted by molar-refractivity contribution is 7.89. The molecule has 8 heteroatoms. The number of benzene rings is 1. The fourth-order valence-corrected chi connectivity index (χ4v) is 1.78. The molecule has 76 valence electrons. The number of halogens is 1. The van der Waals surface area contributed by atoms with Crippen molar-refractivity contribution >= 4 is 34.2 Å². The van der Waals surface area contributed by atoms with E-state index < -0.39 is 17.1 Å². The van der Waals surface area contributed by atoms with E-state index in [-0.39, 0.29) is 15.4 Å². The van der Waals surface area contributed by atoms with Gasteiger partial charge in [0.2, 0.25) is 10.0 Å². The van der Waals surface area contributed by atoms with Crippen LogP contribution in [0.25, 0.3) is 0 Å². The topological polar surface area (TPSA) is 101 Å². The molecule has 0 saturated heterocycles. The quantitative estimate of drug-likeness (QED) is 0.553. The SMILES string of the molecule is NS(=O)(=O)c1ccc(B(O)O)c(Cl)c1. The van der Waals surface area contributed by atoms with Crippen molar-refractivity contribution in [3.05, 3.63) is 23.2 Å². The normalized spacial score (nSPS) is 11.4. The molecule has 4 N–H and O–H groups in total. The Hall–Kier alpha value is -0.595. The van der Waals surface area contributed by atoms with E-state index in [0.29, 0.717) is 0 Å². The summed E-state index contributed by atoms with van der Waals surface area (Å²) in [5.41, 5.74) is 0.0269. The van der Waals surface area contributed by atoms with Gasteiger partial charge in [-0.3, -0.25) is 0 Å². The molecule has 14 heavy (non-hydrogen) atoms. The van der Waals surface area contributed by atoms with Gasteiger partial charge in [0.25, 0.3) is 0 Å². The fraction of sp³-hybridized carbons (Fsp3) is 0. The Morgan fingerprint density at radius 1 is 1.36 bits per heavy atom. The van der Waals surface area contributed by atoms with Gasteiger partial charge in [-0.1, -0.05) is 17.7 Å². The summed E-state index contributed by atoms with van der Waals surface area (Å²) in [7, 11) is -5.55. The van der Waals surface area contributed by atoms with Crippen LogP contribution < -0.4 is 10.6 Å². The molecule has 0 aromatic heterocycles. The van der Waals surface area contributed by atoms with Crippen molar-refractivity contribution in [2.24, 2.45) is 5.14 Å². The minimum Gasteiger partial charge on any atom is -0.423 e. The molecular weight excluding hydrogens is 228 g/mol. The summed E-state index contributed by atoms with van der Waals surface area (Å²) in [6, 6.07) is 3.40. The van der Waals surface area contributed by atoms with Crippen molar-refractivity contribution in [1.29, 1.82) is 0 Å². The average Bonchev–Trinajstić information content (AvgIpc) is 2.01. The van der Waals surface area contributed by atoms with Gasteiger partial charge in [0.1, 0.15) is 0 Å². The molecule has 0 aliphatic carbocycles. The molecule has 0 amide bonds. The number of rotatable bonds is 2. The van der Waals surface area contributed by atoms with Gasteiger partial charge in [0.15, 0.2) is 0 Å². The maximum atomic E-state index is 10.9. The molecule has 0 aliphatic heterocycles. The maximum absolute atomic E-state index is 10.9. The minimum absolute atomic E-state index is 0.0269. The third kappa shape index (κ3) is 2.46. The van der Waals surface area contributed by atoms with E-state index in [0.717, 1.165) is 12.1 Å². The molecule has 1 rings (SSSR count). The van der Waals surface area contributed by atoms with Gasteiger partial charge >= 0.3 is 7.12 Å². The lowest BCUT2D eigenvalue weighted by Crippen LogP contribution is -2.31. The largest absolute Gasteiger partial charge is 0.489 e. The van der Waals surface area contributed by atoms with Crippen LogP contribution in [0.3, 0.4) is 0 Å². The zero-order chi connectivity index (χ0) is 10.9. The molecule has 0 atom stereocenters. The minimum atomic E-state index is -3.82. The third-order valence-electron chi connectivity index (χ3n) is 1.58. The number of nitrogens with two attached hydrogens (primary N) is 1. The zero-order valence-electron chi connectivity index (χ0n) is 6.88. The Kier molecular flexibility index (Phi) is 3.18. The summed E-state index contributed by atoms with van der Waals surface area (Å²) in [5.74, 6) is 0. The highest BCUT2D eigenvalue weighted by Gasteiger charge is 2.17. The van der Waals surface area contributed by atoms with Crippen molar-refractivity contribution < 1.29 is 18.5 Å². The van der Waals surface area contributed by atoms with E-state index >= 15 is 0 Å². The first-order valence-corrected chi connectivity index (χ1v) is 5.43. The first kappa shape index (κ1) is 11.5.